The number of aromatic nitrogens is 2. The van der Waals surface area contributed by atoms with Crippen LogP contribution in [0.4, 0.5) is 0 Å². The minimum atomic E-state index is -4.28. The summed E-state index contributed by atoms with van der Waals surface area (Å²) in [6, 6.07) is 18.2. The summed E-state index contributed by atoms with van der Waals surface area (Å²) in [6.45, 7) is 0. The van der Waals surface area contributed by atoms with E-state index < -0.39 is 20.2 Å². The standard InChI is InChI=1S/C24H16N2O8S2/c27-35(28,29)19-9-5-17(6-10-19)23-25-13-21(33-23)15-1-2-16(4-3-15)22-14-26-24(34-22)18-7-11-20(12-8-18)36(30,31)32/h1-14H,(H,27,28,29)(H,30,31,32). The van der Waals surface area contributed by atoms with E-state index in [9.17, 15) is 16.8 Å². The van der Waals surface area contributed by atoms with Crippen molar-refractivity contribution in [2.24, 2.45) is 0 Å². The molecule has 5 rings (SSSR count). The molecule has 0 fully saturated rings. The molecule has 10 nitrogen and oxygen atoms in total. The Bertz CT molecular complexity index is 1620. The third-order valence-corrected chi connectivity index (χ3v) is 7.00. The fourth-order valence-corrected chi connectivity index (χ4v) is 4.38. The van der Waals surface area contributed by atoms with E-state index in [1.54, 1.807) is 12.4 Å². The SMILES string of the molecule is O=S(=O)(O)c1ccc(-c2ncc(-c3ccc(-c4cnc(-c5ccc(S(=O)(=O)O)cc5)o4)cc3)o2)cc1. The first kappa shape index (κ1) is 23.6. The van der Waals surface area contributed by atoms with Crippen molar-refractivity contribution < 1.29 is 34.8 Å². The van der Waals surface area contributed by atoms with Gasteiger partial charge in [-0.2, -0.15) is 16.8 Å². The summed E-state index contributed by atoms with van der Waals surface area (Å²) in [5.74, 6) is 1.56. The van der Waals surface area contributed by atoms with Gasteiger partial charge >= 0.3 is 0 Å². The summed E-state index contributed by atoms with van der Waals surface area (Å²) in [4.78, 5) is 8.02. The average molecular weight is 525 g/mol. The molecule has 36 heavy (non-hydrogen) atoms. The lowest BCUT2D eigenvalue weighted by molar-refractivity contribution is 0.481. The lowest BCUT2D eigenvalue weighted by Gasteiger charge is -2.01. The van der Waals surface area contributed by atoms with E-state index in [2.05, 4.69) is 9.97 Å². The Morgan fingerprint density at radius 3 is 1.11 bits per heavy atom. The second kappa shape index (κ2) is 8.84. The number of rotatable bonds is 6. The molecule has 0 bridgehead atoms. The lowest BCUT2D eigenvalue weighted by Crippen LogP contribution is -1.97. The number of nitrogens with zero attached hydrogens (tertiary/aromatic N) is 2. The Hall–Kier alpha value is -4.10. The molecule has 0 saturated carbocycles. The molecular weight excluding hydrogens is 508 g/mol. The minimum Gasteiger partial charge on any atom is -0.436 e. The normalized spacial score (nSPS) is 12.1. The molecule has 0 spiro atoms. The predicted molar refractivity (Wildman–Crippen MR) is 128 cm³/mol. The smallest absolute Gasteiger partial charge is 0.294 e. The maximum Gasteiger partial charge on any atom is 0.294 e. The molecule has 0 atom stereocenters. The van der Waals surface area contributed by atoms with Crippen LogP contribution in [0, 0.1) is 0 Å². The van der Waals surface area contributed by atoms with Crippen molar-refractivity contribution in [3.05, 3.63) is 85.2 Å². The molecule has 182 valence electrons. The zero-order valence-electron chi connectivity index (χ0n) is 18.1. The van der Waals surface area contributed by atoms with Gasteiger partial charge in [0, 0.05) is 22.3 Å². The summed E-state index contributed by atoms with van der Waals surface area (Å²) >= 11 is 0. The van der Waals surface area contributed by atoms with Gasteiger partial charge in [-0.25, -0.2) is 9.97 Å². The molecule has 0 unspecified atom stereocenters. The monoisotopic (exact) mass is 524 g/mol. The molecule has 0 amide bonds. The van der Waals surface area contributed by atoms with Crippen LogP contribution in [0.15, 0.2) is 104 Å². The second-order valence-corrected chi connectivity index (χ2v) is 10.5. The van der Waals surface area contributed by atoms with E-state index in [4.69, 9.17) is 17.9 Å². The van der Waals surface area contributed by atoms with Crippen LogP contribution in [0.25, 0.3) is 45.6 Å². The van der Waals surface area contributed by atoms with Crippen LogP contribution < -0.4 is 0 Å². The molecule has 0 saturated heterocycles. The van der Waals surface area contributed by atoms with Gasteiger partial charge in [0.2, 0.25) is 11.8 Å². The molecule has 2 N–H and O–H groups in total. The summed E-state index contributed by atoms with van der Waals surface area (Å²) in [7, 11) is -8.56. The fraction of sp³-hybridized carbons (Fsp3) is 0. The van der Waals surface area contributed by atoms with Gasteiger partial charge in [-0.15, -0.1) is 0 Å². The molecule has 0 radical (unpaired) electrons. The first-order valence-electron chi connectivity index (χ1n) is 10.3. The largest absolute Gasteiger partial charge is 0.436 e. The van der Waals surface area contributed by atoms with Crippen LogP contribution in [-0.4, -0.2) is 35.9 Å². The maximum absolute atomic E-state index is 11.2. The van der Waals surface area contributed by atoms with Crippen molar-refractivity contribution in [2.45, 2.75) is 9.79 Å². The average Bonchev–Trinajstić information content (AvgIpc) is 3.54. The van der Waals surface area contributed by atoms with Gasteiger partial charge in [0.15, 0.2) is 11.5 Å². The van der Waals surface area contributed by atoms with Crippen molar-refractivity contribution >= 4 is 20.2 Å². The Kier molecular flexibility index (Phi) is 5.80. The molecule has 12 heteroatoms. The third kappa shape index (κ3) is 4.83. The Morgan fingerprint density at radius 1 is 0.500 bits per heavy atom. The van der Waals surface area contributed by atoms with Gasteiger partial charge < -0.3 is 8.83 Å². The van der Waals surface area contributed by atoms with Crippen molar-refractivity contribution in [1.29, 1.82) is 0 Å². The highest BCUT2D eigenvalue weighted by molar-refractivity contribution is 7.86. The first-order chi connectivity index (χ1) is 17.1. The van der Waals surface area contributed by atoms with Gasteiger partial charge in [-0.05, 0) is 48.5 Å². The summed E-state index contributed by atoms with van der Waals surface area (Å²) < 4.78 is 74.6. The number of hydrogen-bond donors (Lipinski definition) is 2. The van der Waals surface area contributed by atoms with Crippen LogP contribution in [0.1, 0.15) is 0 Å². The van der Waals surface area contributed by atoms with E-state index in [-0.39, 0.29) is 21.6 Å². The topological polar surface area (TPSA) is 161 Å². The van der Waals surface area contributed by atoms with Gasteiger partial charge in [-0.3, -0.25) is 9.11 Å². The van der Waals surface area contributed by atoms with Crippen LogP contribution in [0.2, 0.25) is 0 Å². The molecule has 2 heterocycles. The fourth-order valence-electron chi connectivity index (χ4n) is 3.42. The van der Waals surface area contributed by atoms with Crippen LogP contribution in [0.5, 0.6) is 0 Å². The molecule has 2 aromatic heterocycles. The van der Waals surface area contributed by atoms with Crippen molar-refractivity contribution in [3.8, 4) is 45.6 Å². The highest BCUT2D eigenvalue weighted by Gasteiger charge is 2.14. The van der Waals surface area contributed by atoms with Gasteiger partial charge in [0.25, 0.3) is 20.2 Å². The molecular formula is C24H16N2O8S2. The number of hydrogen-bond acceptors (Lipinski definition) is 8. The zero-order chi connectivity index (χ0) is 25.5. The second-order valence-electron chi connectivity index (χ2n) is 7.64. The molecule has 0 aliphatic heterocycles. The minimum absolute atomic E-state index is 0.223. The van der Waals surface area contributed by atoms with Crippen molar-refractivity contribution in [3.63, 3.8) is 0 Å². The summed E-state index contributed by atoms with van der Waals surface area (Å²) in [5, 5.41) is 0. The lowest BCUT2D eigenvalue weighted by atomic mass is 10.1. The van der Waals surface area contributed by atoms with Gasteiger partial charge in [-0.1, -0.05) is 24.3 Å². The van der Waals surface area contributed by atoms with Gasteiger partial charge in [0.1, 0.15) is 0 Å². The molecule has 5 aromatic rings. The summed E-state index contributed by atoms with van der Waals surface area (Å²) in [5.41, 5.74) is 2.58. The highest BCUT2D eigenvalue weighted by atomic mass is 32.2. The Balaban J connectivity index is 1.34. The van der Waals surface area contributed by atoms with Gasteiger partial charge in [0.05, 0.1) is 22.2 Å². The predicted octanol–water partition coefficient (Wildman–Crippen LogP) is 4.82. The third-order valence-electron chi connectivity index (χ3n) is 5.26. The van der Waals surface area contributed by atoms with Crippen LogP contribution in [0.3, 0.4) is 0 Å². The molecule has 0 aliphatic rings. The van der Waals surface area contributed by atoms with Crippen molar-refractivity contribution in [1.82, 2.24) is 9.97 Å². The van der Waals surface area contributed by atoms with E-state index in [0.29, 0.717) is 22.6 Å². The summed E-state index contributed by atoms with van der Waals surface area (Å²) in [6.07, 6.45) is 3.09. The number of oxazole rings is 2. The number of benzene rings is 3. The quantitative estimate of drug-likeness (QED) is 0.294. The van der Waals surface area contributed by atoms with Crippen LogP contribution in [-0.2, 0) is 20.2 Å². The maximum atomic E-state index is 11.2. The van der Waals surface area contributed by atoms with Crippen molar-refractivity contribution in [2.75, 3.05) is 0 Å². The van der Waals surface area contributed by atoms with E-state index >= 15 is 0 Å². The van der Waals surface area contributed by atoms with E-state index in [1.165, 1.54) is 48.5 Å². The van der Waals surface area contributed by atoms with E-state index in [1.807, 2.05) is 24.3 Å². The first-order valence-corrected chi connectivity index (χ1v) is 13.1. The molecule has 0 aliphatic carbocycles. The molecule has 3 aromatic carbocycles. The Labute approximate surface area is 205 Å². The zero-order valence-corrected chi connectivity index (χ0v) is 19.8. The Morgan fingerprint density at radius 2 is 0.806 bits per heavy atom. The highest BCUT2D eigenvalue weighted by Crippen LogP contribution is 2.30. The van der Waals surface area contributed by atoms with E-state index in [0.717, 1.165) is 11.1 Å². The van der Waals surface area contributed by atoms with Crippen LogP contribution >= 0.6 is 0 Å².